The number of hydrogen-bond donors (Lipinski definition) is 0. The van der Waals surface area contributed by atoms with Crippen molar-refractivity contribution in [2.45, 2.75) is 61.3 Å². The molecule has 0 rings (SSSR count). The molecule has 0 N–H and O–H groups in total. The third-order valence-corrected chi connectivity index (χ3v) is 3.70. The first-order valence-corrected chi connectivity index (χ1v) is 6.45. The zero-order chi connectivity index (χ0) is 12.5. The highest BCUT2D eigenvalue weighted by Gasteiger charge is 2.30. The van der Waals surface area contributed by atoms with Crippen LogP contribution in [0.15, 0.2) is 0 Å². The smallest absolute Gasteiger partial charge is 0.0465 e. The van der Waals surface area contributed by atoms with E-state index in [0.29, 0.717) is 5.41 Å². The highest BCUT2D eigenvalue weighted by atomic mass is 16.5. The summed E-state index contributed by atoms with van der Waals surface area (Å²) in [4.78, 5) is 0. The van der Waals surface area contributed by atoms with Crippen molar-refractivity contribution >= 4 is 0 Å². The second-order valence-electron chi connectivity index (χ2n) is 4.86. The number of ether oxygens (including phenoxy) is 1. The van der Waals surface area contributed by atoms with Gasteiger partial charge in [0.15, 0.2) is 0 Å². The van der Waals surface area contributed by atoms with Crippen LogP contribution in [0.4, 0.5) is 0 Å². The molecule has 1 atom stereocenters. The molecule has 0 aromatic rings. The summed E-state index contributed by atoms with van der Waals surface area (Å²) in [6, 6.07) is 0. The summed E-state index contributed by atoms with van der Waals surface area (Å²) in [5.41, 5.74) is 0.438. The van der Waals surface area contributed by atoms with Crippen LogP contribution in [0.25, 0.3) is 0 Å². The van der Waals surface area contributed by atoms with Crippen molar-refractivity contribution in [3.8, 4) is 0 Å². The van der Waals surface area contributed by atoms with Crippen molar-refractivity contribution < 1.29 is 4.74 Å². The largest absolute Gasteiger partial charge is 0.385 e. The van der Waals surface area contributed by atoms with Crippen molar-refractivity contribution in [3.63, 3.8) is 0 Å². The van der Waals surface area contributed by atoms with Gasteiger partial charge in [-0.05, 0) is 23.7 Å². The molecular weight excluding hydrogens is 184 g/mol. The molecule has 0 radical (unpaired) electrons. The van der Waals surface area contributed by atoms with Gasteiger partial charge in [-0.15, -0.1) is 0 Å². The minimum absolute atomic E-state index is 0.438. The topological polar surface area (TPSA) is 9.23 Å². The maximum atomic E-state index is 5.15. The number of hydrogen-bond acceptors (Lipinski definition) is 1. The summed E-state index contributed by atoms with van der Waals surface area (Å²) >= 11 is 0. The Bertz CT molecular complexity index is 127. The van der Waals surface area contributed by atoms with Gasteiger partial charge in [0, 0.05) is 13.7 Å². The minimum atomic E-state index is 0.438. The normalized spacial score (nSPS) is 13.4. The molecule has 0 saturated carbocycles. The lowest BCUT2D eigenvalue weighted by atomic mass is 9.68. The molecule has 0 aliphatic heterocycles. The van der Waals surface area contributed by atoms with E-state index < -0.39 is 0 Å². The fourth-order valence-electron chi connectivity index (χ4n) is 1.83. The minimum Gasteiger partial charge on any atom is -0.385 e. The Labute approximate surface area is 97.6 Å². The summed E-state index contributed by atoms with van der Waals surface area (Å²) in [6.07, 6.45) is 2.45. The number of methoxy groups -OCH3 is 1. The predicted octanol–water partition coefficient (Wildman–Crippen LogP) is 4.76. The highest BCUT2D eigenvalue weighted by Crippen LogP contribution is 2.38. The zero-order valence-corrected chi connectivity index (χ0v) is 12.2. The van der Waals surface area contributed by atoms with Crippen LogP contribution in [0.2, 0.25) is 0 Å². The van der Waals surface area contributed by atoms with Gasteiger partial charge in [-0.3, -0.25) is 0 Å². The fourth-order valence-corrected chi connectivity index (χ4v) is 1.83. The standard InChI is InChI=1S/C12H26O.C2H6/c1-7-11(8-9-13-6)12(4,5)10(2)3;1-2/h10-11H,7-9H2,1-6H3;1-2H3. The molecule has 1 nitrogen and oxygen atoms in total. The Kier molecular flexibility index (Phi) is 10.7. The molecule has 1 unspecified atom stereocenters. The van der Waals surface area contributed by atoms with Crippen LogP contribution in [-0.2, 0) is 4.74 Å². The van der Waals surface area contributed by atoms with Gasteiger partial charge in [0.25, 0.3) is 0 Å². The molecule has 94 valence electrons. The average molecular weight is 216 g/mol. The molecule has 0 aliphatic rings. The SMILES string of the molecule is CC.CCC(CCOC)C(C)(C)C(C)C. The quantitative estimate of drug-likeness (QED) is 0.622. The Morgan fingerprint density at radius 1 is 1.13 bits per heavy atom. The Morgan fingerprint density at radius 2 is 1.60 bits per heavy atom. The van der Waals surface area contributed by atoms with Gasteiger partial charge in [-0.1, -0.05) is 54.9 Å². The molecule has 0 aromatic carbocycles. The molecule has 0 bridgehead atoms. The molecule has 0 aromatic heterocycles. The van der Waals surface area contributed by atoms with Crippen molar-refractivity contribution in [1.29, 1.82) is 0 Å². The summed E-state index contributed by atoms with van der Waals surface area (Å²) in [5.74, 6) is 1.53. The third-order valence-electron chi connectivity index (χ3n) is 3.70. The van der Waals surface area contributed by atoms with Crippen LogP contribution in [0.1, 0.15) is 61.3 Å². The summed E-state index contributed by atoms with van der Waals surface area (Å²) in [5, 5.41) is 0. The van der Waals surface area contributed by atoms with E-state index in [0.717, 1.165) is 18.4 Å². The van der Waals surface area contributed by atoms with Crippen molar-refractivity contribution in [2.24, 2.45) is 17.3 Å². The average Bonchev–Trinajstić information content (AvgIpc) is 2.21. The lowest BCUT2D eigenvalue weighted by molar-refractivity contribution is 0.0889. The Hall–Kier alpha value is -0.0400. The molecule has 1 heteroatoms. The molecular formula is C14H32O. The van der Waals surface area contributed by atoms with Gasteiger partial charge in [0.05, 0.1) is 0 Å². The number of rotatable bonds is 6. The van der Waals surface area contributed by atoms with E-state index in [4.69, 9.17) is 4.74 Å². The van der Waals surface area contributed by atoms with Crippen LogP contribution in [-0.4, -0.2) is 13.7 Å². The first kappa shape index (κ1) is 17.4. The lowest BCUT2D eigenvalue weighted by Gasteiger charge is -2.37. The maximum absolute atomic E-state index is 5.15. The van der Waals surface area contributed by atoms with Gasteiger partial charge in [0.2, 0.25) is 0 Å². The summed E-state index contributed by atoms with van der Waals surface area (Å²) in [6.45, 7) is 16.6. The van der Waals surface area contributed by atoms with E-state index in [9.17, 15) is 0 Å². The first-order chi connectivity index (χ1) is 6.96. The molecule has 0 amide bonds. The van der Waals surface area contributed by atoms with Crippen molar-refractivity contribution in [2.75, 3.05) is 13.7 Å². The van der Waals surface area contributed by atoms with E-state index in [1.54, 1.807) is 7.11 Å². The van der Waals surface area contributed by atoms with E-state index in [1.165, 1.54) is 12.8 Å². The molecule has 0 fully saturated rings. The van der Waals surface area contributed by atoms with Gasteiger partial charge < -0.3 is 4.74 Å². The van der Waals surface area contributed by atoms with E-state index in [1.807, 2.05) is 13.8 Å². The molecule has 0 spiro atoms. The maximum Gasteiger partial charge on any atom is 0.0465 e. The van der Waals surface area contributed by atoms with Crippen molar-refractivity contribution in [3.05, 3.63) is 0 Å². The van der Waals surface area contributed by atoms with E-state index in [2.05, 4.69) is 34.6 Å². The van der Waals surface area contributed by atoms with Gasteiger partial charge >= 0.3 is 0 Å². The monoisotopic (exact) mass is 216 g/mol. The van der Waals surface area contributed by atoms with Crippen molar-refractivity contribution in [1.82, 2.24) is 0 Å². The second-order valence-corrected chi connectivity index (χ2v) is 4.86. The van der Waals surface area contributed by atoms with Crippen LogP contribution in [0, 0.1) is 17.3 Å². The highest BCUT2D eigenvalue weighted by molar-refractivity contribution is 4.80. The van der Waals surface area contributed by atoms with Crippen LogP contribution >= 0.6 is 0 Å². The van der Waals surface area contributed by atoms with Gasteiger partial charge in [-0.25, -0.2) is 0 Å². The Morgan fingerprint density at radius 3 is 1.87 bits per heavy atom. The second kappa shape index (κ2) is 9.21. The molecule has 15 heavy (non-hydrogen) atoms. The first-order valence-electron chi connectivity index (χ1n) is 6.45. The van der Waals surface area contributed by atoms with Gasteiger partial charge in [-0.2, -0.15) is 0 Å². The molecule has 0 saturated heterocycles. The lowest BCUT2D eigenvalue weighted by Crippen LogP contribution is -2.30. The zero-order valence-electron chi connectivity index (χ0n) is 12.2. The summed E-state index contributed by atoms with van der Waals surface area (Å²) < 4.78 is 5.15. The van der Waals surface area contributed by atoms with Crippen LogP contribution in [0.5, 0.6) is 0 Å². The van der Waals surface area contributed by atoms with Crippen LogP contribution < -0.4 is 0 Å². The van der Waals surface area contributed by atoms with E-state index in [-0.39, 0.29) is 0 Å². The predicted molar refractivity (Wildman–Crippen MR) is 70.2 cm³/mol. The third kappa shape index (κ3) is 6.19. The molecule has 0 heterocycles. The fraction of sp³-hybridized carbons (Fsp3) is 1.00. The van der Waals surface area contributed by atoms with E-state index >= 15 is 0 Å². The Balaban J connectivity index is 0. The van der Waals surface area contributed by atoms with Gasteiger partial charge in [0.1, 0.15) is 0 Å². The summed E-state index contributed by atoms with van der Waals surface area (Å²) in [7, 11) is 1.79. The molecule has 0 aliphatic carbocycles. The van der Waals surface area contributed by atoms with Crippen LogP contribution in [0.3, 0.4) is 0 Å².